The van der Waals surface area contributed by atoms with E-state index in [1.807, 2.05) is 7.11 Å². The Balaban J connectivity index is 3.00. The van der Waals surface area contributed by atoms with E-state index in [4.69, 9.17) is 4.74 Å². The molecule has 1 saturated carbocycles. The van der Waals surface area contributed by atoms with E-state index in [0.717, 1.165) is 12.8 Å². The van der Waals surface area contributed by atoms with Gasteiger partial charge in [-0.3, -0.25) is 0 Å². The lowest BCUT2D eigenvalue weighted by Crippen LogP contribution is -2.50. The van der Waals surface area contributed by atoms with Gasteiger partial charge in [-0.1, -0.05) is 41.5 Å². The Morgan fingerprint density at radius 1 is 0.882 bits per heavy atom. The Bertz CT molecular complexity index is 223. The average Bonchev–Trinajstić information content (AvgIpc) is 2.13. The van der Waals surface area contributed by atoms with Crippen molar-refractivity contribution in [3.8, 4) is 0 Å². The van der Waals surface area contributed by atoms with Crippen LogP contribution in [0.25, 0.3) is 0 Å². The van der Waals surface area contributed by atoms with E-state index in [9.17, 15) is 5.11 Å². The van der Waals surface area contributed by atoms with Crippen molar-refractivity contribution in [2.45, 2.75) is 66.6 Å². The van der Waals surface area contributed by atoms with Crippen molar-refractivity contribution >= 4 is 0 Å². The van der Waals surface area contributed by atoms with Crippen LogP contribution in [0.3, 0.4) is 0 Å². The second-order valence-corrected chi connectivity index (χ2v) is 7.77. The van der Waals surface area contributed by atoms with Gasteiger partial charge in [0.2, 0.25) is 0 Å². The lowest BCUT2D eigenvalue weighted by molar-refractivity contribution is -0.120. The molecular weight excluding hydrogens is 212 g/mol. The van der Waals surface area contributed by atoms with Gasteiger partial charge in [0.15, 0.2) is 0 Å². The van der Waals surface area contributed by atoms with Gasteiger partial charge in [0, 0.05) is 7.11 Å². The monoisotopic (exact) mass is 242 g/mol. The van der Waals surface area contributed by atoms with Crippen LogP contribution in [-0.4, -0.2) is 24.4 Å². The van der Waals surface area contributed by atoms with Gasteiger partial charge in [0.25, 0.3) is 0 Å². The Hall–Kier alpha value is -0.0800. The molecule has 0 aliphatic heterocycles. The molecule has 0 radical (unpaired) electrons. The Kier molecular flexibility index (Phi) is 4.31. The fraction of sp³-hybridized carbons (Fsp3) is 1.00. The van der Waals surface area contributed by atoms with Crippen LogP contribution in [0.2, 0.25) is 0 Å². The molecule has 1 aliphatic carbocycles. The third kappa shape index (κ3) is 3.45. The van der Waals surface area contributed by atoms with Crippen molar-refractivity contribution in [3.05, 3.63) is 0 Å². The second kappa shape index (κ2) is 4.89. The summed E-state index contributed by atoms with van der Waals surface area (Å²) in [4.78, 5) is 0. The zero-order chi connectivity index (χ0) is 13.4. The molecule has 0 aromatic carbocycles. The fourth-order valence-electron chi connectivity index (χ4n) is 3.25. The van der Waals surface area contributed by atoms with E-state index in [0.29, 0.717) is 11.8 Å². The summed E-state index contributed by atoms with van der Waals surface area (Å²) in [6.45, 7) is 13.5. The van der Waals surface area contributed by atoms with Gasteiger partial charge in [0.05, 0.1) is 12.2 Å². The van der Waals surface area contributed by atoms with Gasteiger partial charge >= 0.3 is 0 Å². The first-order valence-corrected chi connectivity index (χ1v) is 6.78. The first-order chi connectivity index (χ1) is 7.57. The van der Waals surface area contributed by atoms with Crippen molar-refractivity contribution in [3.63, 3.8) is 0 Å². The van der Waals surface area contributed by atoms with Crippen LogP contribution in [-0.2, 0) is 4.74 Å². The highest BCUT2D eigenvalue weighted by Gasteiger charge is 2.46. The van der Waals surface area contributed by atoms with Crippen molar-refractivity contribution in [2.24, 2.45) is 22.7 Å². The second-order valence-electron chi connectivity index (χ2n) is 7.77. The van der Waals surface area contributed by atoms with E-state index in [1.54, 1.807) is 0 Å². The third-order valence-electron chi connectivity index (χ3n) is 4.34. The first kappa shape index (κ1) is 15.0. The molecular formula is C15H30O2. The van der Waals surface area contributed by atoms with E-state index < -0.39 is 0 Å². The highest BCUT2D eigenvalue weighted by atomic mass is 16.5. The Morgan fingerprint density at radius 3 is 1.47 bits per heavy atom. The molecule has 0 spiro atoms. The summed E-state index contributed by atoms with van der Waals surface area (Å²) < 4.78 is 5.81. The molecule has 17 heavy (non-hydrogen) atoms. The van der Waals surface area contributed by atoms with Crippen LogP contribution in [0, 0.1) is 22.7 Å². The average molecular weight is 242 g/mol. The Morgan fingerprint density at radius 2 is 1.24 bits per heavy atom. The molecule has 1 aliphatic rings. The van der Waals surface area contributed by atoms with Crippen LogP contribution < -0.4 is 0 Å². The summed E-state index contributed by atoms with van der Waals surface area (Å²) in [5, 5.41) is 10.1. The third-order valence-corrected chi connectivity index (χ3v) is 4.34. The SMILES string of the molecule is COC1C(C(C)(C)C)CC(O)CC1C(C)(C)C. The van der Waals surface area contributed by atoms with Gasteiger partial charge in [-0.25, -0.2) is 0 Å². The largest absolute Gasteiger partial charge is 0.393 e. The molecule has 0 bridgehead atoms. The highest BCUT2D eigenvalue weighted by molar-refractivity contribution is 4.96. The number of hydrogen-bond donors (Lipinski definition) is 1. The van der Waals surface area contributed by atoms with E-state index in [2.05, 4.69) is 41.5 Å². The van der Waals surface area contributed by atoms with Crippen molar-refractivity contribution < 1.29 is 9.84 Å². The number of ether oxygens (including phenoxy) is 1. The molecule has 1 fully saturated rings. The first-order valence-electron chi connectivity index (χ1n) is 6.78. The molecule has 0 saturated heterocycles. The minimum atomic E-state index is -0.171. The van der Waals surface area contributed by atoms with Gasteiger partial charge in [-0.15, -0.1) is 0 Å². The molecule has 2 heteroatoms. The minimum Gasteiger partial charge on any atom is -0.393 e. The molecule has 0 aromatic heterocycles. The van der Waals surface area contributed by atoms with Crippen LogP contribution in [0.15, 0.2) is 0 Å². The summed E-state index contributed by atoms with van der Waals surface area (Å²) in [5.74, 6) is 0.862. The normalized spacial score (nSPS) is 36.0. The maximum absolute atomic E-state index is 10.1. The fourth-order valence-corrected chi connectivity index (χ4v) is 3.25. The lowest BCUT2D eigenvalue weighted by Gasteiger charge is -2.49. The quantitative estimate of drug-likeness (QED) is 0.763. The molecule has 2 nitrogen and oxygen atoms in total. The predicted octanol–water partition coefficient (Wildman–Crippen LogP) is 3.48. The van der Waals surface area contributed by atoms with Crippen LogP contribution in [0.4, 0.5) is 0 Å². The molecule has 2 atom stereocenters. The molecule has 0 aromatic rings. The summed E-state index contributed by atoms with van der Waals surface area (Å²) >= 11 is 0. The van der Waals surface area contributed by atoms with Gasteiger partial charge in [-0.2, -0.15) is 0 Å². The molecule has 1 N–H and O–H groups in total. The maximum atomic E-state index is 10.1. The van der Waals surface area contributed by atoms with Crippen LogP contribution >= 0.6 is 0 Å². The zero-order valence-electron chi connectivity index (χ0n) is 12.6. The van der Waals surface area contributed by atoms with E-state index >= 15 is 0 Å². The van der Waals surface area contributed by atoms with E-state index in [-0.39, 0.29) is 23.0 Å². The number of aliphatic hydroxyl groups is 1. The summed E-state index contributed by atoms with van der Waals surface area (Å²) in [7, 11) is 1.82. The van der Waals surface area contributed by atoms with Crippen molar-refractivity contribution in [1.82, 2.24) is 0 Å². The van der Waals surface area contributed by atoms with Gasteiger partial charge < -0.3 is 9.84 Å². The smallest absolute Gasteiger partial charge is 0.0639 e. The highest BCUT2D eigenvalue weighted by Crippen LogP contribution is 2.47. The Labute approximate surface area is 107 Å². The molecule has 2 unspecified atom stereocenters. The summed E-state index contributed by atoms with van der Waals surface area (Å²) in [6, 6.07) is 0. The van der Waals surface area contributed by atoms with Crippen molar-refractivity contribution in [1.29, 1.82) is 0 Å². The lowest BCUT2D eigenvalue weighted by atomic mass is 9.60. The number of aliphatic hydroxyl groups excluding tert-OH is 1. The van der Waals surface area contributed by atoms with Gasteiger partial charge in [0.1, 0.15) is 0 Å². The number of methoxy groups -OCH3 is 1. The van der Waals surface area contributed by atoms with E-state index in [1.165, 1.54) is 0 Å². The maximum Gasteiger partial charge on any atom is 0.0639 e. The molecule has 102 valence electrons. The summed E-state index contributed by atoms with van der Waals surface area (Å²) in [5.41, 5.74) is 0.372. The summed E-state index contributed by atoms with van der Waals surface area (Å²) in [6.07, 6.45) is 1.83. The standard InChI is InChI=1S/C15H30O2/c1-14(2,3)11-8-10(16)9-12(13(11)17-7)15(4,5)6/h10-13,16H,8-9H2,1-7H3. The number of rotatable bonds is 1. The van der Waals surface area contributed by atoms with Crippen LogP contribution in [0.1, 0.15) is 54.4 Å². The molecule has 0 amide bonds. The topological polar surface area (TPSA) is 29.5 Å². The molecule has 1 rings (SSSR count). The number of hydrogen-bond acceptors (Lipinski definition) is 2. The zero-order valence-corrected chi connectivity index (χ0v) is 12.6. The minimum absolute atomic E-state index is 0.171. The predicted molar refractivity (Wildman–Crippen MR) is 71.9 cm³/mol. The van der Waals surface area contributed by atoms with Gasteiger partial charge in [-0.05, 0) is 35.5 Å². The van der Waals surface area contributed by atoms with Crippen LogP contribution in [0.5, 0.6) is 0 Å². The van der Waals surface area contributed by atoms with Crippen molar-refractivity contribution in [2.75, 3.05) is 7.11 Å². The molecule has 0 heterocycles.